The van der Waals surface area contributed by atoms with E-state index in [1.54, 1.807) is 31.5 Å². The van der Waals surface area contributed by atoms with E-state index in [-0.39, 0.29) is 22.0 Å². The van der Waals surface area contributed by atoms with Gasteiger partial charge in [0.2, 0.25) is 0 Å². The molecule has 2 aromatic heterocycles. The van der Waals surface area contributed by atoms with Crippen LogP contribution in [0, 0.1) is 27.6 Å². The molecule has 0 saturated carbocycles. The van der Waals surface area contributed by atoms with Gasteiger partial charge < -0.3 is 4.74 Å². The van der Waals surface area contributed by atoms with Crippen LogP contribution in [0.5, 0.6) is 5.75 Å². The Morgan fingerprint density at radius 2 is 1.26 bits per heavy atom. The first-order chi connectivity index (χ1) is 35.2. The number of pyridine rings is 1. The number of hydrogen-bond acceptors (Lipinski definition) is 3. The van der Waals surface area contributed by atoms with Crippen molar-refractivity contribution in [2.75, 3.05) is 7.11 Å². The van der Waals surface area contributed by atoms with Crippen molar-refractivity contribution in [2.45, 2.75) is 79.9 Å². The van der Waals surface area contributed by atoms with Gasteiger partial charge in [-0.1, -0.05) is 150 Å². The lowest BCUT2D eigenvalue weighted by Gasteiger charge is -2.22. The zero-order chi connectivity index (χ0) is 54.3. The number of benzene rings is 7. The summed E-state index contributed by atoms with van der Waals surface area (Å²) in [5, 5.41) is 0. The zero-order valence-corrected chi connectivity index (χ0v) is 38.5. The molecule has 4 heteroatoms. The van der Waals surface area contributed by atoms with E-state index in [0.717, 1.165) is 55.6 Å². The Morgan fingerprint density at radius 3 is 1.95 bits per heavy atom. The largest absolute Gasteiger partial charge is 0.496 e. The van der Waals surface area contributed by atoms with E-state index < -0.39 is 43.4 Å². The van der Waals surface area contributed by atoms with E-state index in [2.05, 4.69) is 94.6 Å². The van der Waals surface area contributed by atoms with Crippen LogP contribution in [-0.2, 0) is 10.8 Å². The number of fused-ring (bicyclic) bond motifs is 1. The summed E-state index contributed by atoms with van der Waals surface area (Å²) in [6.45, 7) is 11.6. The van der Waals surface area contributed by atoms with E-state index >= 15 is 0 Å². The van der Waals surface area contributed by atoms with Crippen LogP contribution in [0.2, 0.25) is 0 Å². The Bertz CT molecular complexity index is 3660. The summed E-state index contributed by atoms with van der Waals surface area (Å²) in [5.74, 6) is 1.17. The fraction of sp³-hybridized carbons (Fsp3) is 0.213. The molecule has 0 aliphatic rings. The second kappa shape index (κ2) is 16.8. The molecule has 0 unspecified atom stereocenters. The molecule has 4 nitrogen and oxygen atoms in total. The molecule has 65 heavy (non-hydrogen) atoms. The van der Waals surface area contributed by atoms with Gasteiger partial charge in [0.15, 0.2) is 0 Å². The lowest BCUT2D eigenvalue weighted by molar-refractivity contribution is 0.413. The van der Waals surface area contributed by atoms with Gasteiger partial charge in [0, 0.05) is 31.1 Å². The summed E-state index contributed by atoms with van der Waals surface area (Å²) in [5.41, 5.74) is 12.0. The number of ether oxygens (including phenoxy) is 1. The monoisotopic (exact) mass is 860 g/mol. The Balaban J connectivity index is 1.35. The summed E-state index contributed by atoms with van der Waals surface area (Å²) >= 11 is 0. The van der Waals surface area contributed by atoms with E-state index in [0.29, 0.717) is 50.7 Å². The molecule has 9 aromatic rings. The molecule has 0 spiro atoms. The number of aryl methyl sites for hydroxylation is 3. The number of hydrogen-bond donors (Lipinski definition) is 0. The molecule has 9 rings (SSSR count). The summed E-state index contributed by atoms with van der Waals surface area (Å²) in [6, 6.07) is 39.4. The van der Waals surface area contributed by atoms with Crippen LogP contribution in [0.25, 0.3) is 83.9 Å². The quantitative estimate of drug-likeness (QED) is 0.153. The van der Waals surface area contributed by atoms with Gasteiger partial charge in [-0.3, -0.25) is 9.55 Å². The van der Waals surface area contributed by atoms with Gasteiger partial charge in [-0.15, -0.1) is 0 Å². The van der Waals surface area contributed by atoms with E-state index in [4.69, 9.17) is 28.4 Å². The van der Waals surface area contributed by atoms with Crippen molar-refractivity contribution in [1.82, 2.24) is 14.5 Å². The highest BCUT2D eigenvalue weighted by Gasteiger charge is 2.26. The fourth-order valence-corrected chi connectivity index (χ4v) is 8.72. The van der Waals surface area contributed by atoms with E-state index in [9.17, 15) is 0 Å². The fourth-order valence-electron chi connectivity index (χ4n) is 8.72. The Kier molecular flexibility index (Phi) is 8.44. The highest BCUT2D eigenvalue weighted by Crippen LogP contribution is 2.44. The number of methoxy groups -OCH3 is 1. The normalized spacial score (nSPS) is 14.5. The average molecular weight is 860 g/mol. The van der Waals surface area contributed by atoms with Gasteiger partial charge in [-0.25, -0.2) is 4.98 Å². The lowest BCUT2D eigenvalue weighted by atomic mass is 9.83. The highest BCUT2D eigenvalue weighted by molar-refractivity contribution is 5.98. The van der Waals surface area contributed by atoms with Crippen molar-refractivity contribution in [3.8, 4) is 78.6 Å². The zero-order valence-electron chi connectivity index (χ0n) is 48.5. The maximum absolute atomic E-state index is 9.03. The molecular weight excluding hydrogens is 791 g/mol. The molecule has 0 atom stereocenters. The first kappa shape index (κ1) is 32.6. The smallest absolute Gasteiger partial charge is 0.149 e. The SMILES string of the molecule is [2H]c1c([2H])c(C([2H])([2H])[2H])c([2H])c([2H])c1-c1ccnc(-c2cc(-c3cccc4c3nc(-c3cc(C)cc(C)c3OC)n4-c3cc(C([2H])([2H])[2H])c(-c4ccccc4)cc3-c3ccc(C(C)(C)C)cc3)cc(C(C)(C)C)c2)c1. The molecule has 324 valence electrons. The second-order valence-corrected chi connectivity index (χ2v) is 18.9. The van der Waals surface area contributed by atoms with Gasteiger partial charge in [0.1, 0.15) is 11.6 Å². The van der Waals surface area contributed by atoms with Crippen molar-refractivity contribution in [1.29, 1.82) is 0 Å². The Hall–Kier alpha value is -7.04. The standard InChI is InChI=1S/C61H59N3O/c1-38-20-22-42(23-21-38)45-28-29-62-54(36-45)47-33-46(34-49(35-47)61(8,9)10)50-18-15-19-55-57(50)63-59(53-31-39(2)30-41(4)58(53)65-11)64(55)56-32-40(3)51(43-16-13-12-14-17-43)37-52(56)44-24-26-48(27-25-44)60(5,6)7/h12-37H,1-11H3/i1D3,3D3,20D,21D,22D,23D. The third-order valence-corrected chi connectivity index (χ3v) is 12.2. The Labute approximate surface area is 399 Å². The van der Waals surface area contributed by atoms with E-state index in [1.807, 2.05) is 74.5 Å². The molecule has 0 amide bonds. The van der Waals surface area contributed by atoms with Crippen molar-refractivity contribution in [3.63, 3.8) is 0 Å². The first-order valence-electron chi connectivity index (χ1n) is 26.9. The van der Waals surface area contributed by atoms with Crippen molar-refractivity contribution in [3.05, 3.63) is 191 Å². The van der Waals surface area contributed by atoms with Crippen molar-refractivity contribution < 1.29 is 18.4 Å². The van der Waals surface area contributed by atoms with Crippen LogP contribution in [0.15, 0.2) is 158 Å². The predicted molar refractivity (Wildman–Crippen MR) is 274 cm³/mol. The molecule has 0 N–H and O–H groups in total. The van der Waals surface area contributed by atoms with Gasteiger partial charge >= 0.3 is 0 Å². The molecule has 2 heterocycles. The minimum atomic E-state index is -2.84. The van der Waals surface area contributed by atoms with Crippen molar-refractivity contribution >= 4 is 11.0 Å². The molecule has 0 saturated heterocycles. The van der Waals surface area contributed by atoms with Gasteiger partial charge in [0.05, 0.1) is 40.6 Å². The van der Waals surface area contributed by atoms with Crippen LogP contribution < -0.4 is 4.74 Å². The molecular formula is C61H59N3O. The number of para-hydroxylation sites is 1. The van der Waals surface area contributed by atoms with Gasteiger partial charge in [-0.05, 0) is 148 Å². The maximum Gasteiger partial charge on any atom is 0.149 e. The molecule has 7 aromatic carbocycles. The number of imidazole rings is 1. The lowest BCUT2D eigenvalue weighted by Crippen LogP contribution is -2.11. The molecule has 0 fully saturated rings. The van der Waals surface area contributed by atoms with Gasteiger partial charge in [0.25, 0.3) is 0 Å². The number of nitrogens with zero attached hydrogens (tertiary/aromatic N) is 3. The second-order valence-electron chi connectivity index (χ2n) is 18.9. The summed E-state index contributed by atoms with van der Waals surface area (Å²) in [6.07, 6.45) is 1.55. The average Bonchev–Trinajstić information content (AvgIpc) is 3.75. The summed E-state index contributed by atoms with van der Waals surface area (Å²) in [4.78, 5) is 10.4. The van der Waals surface area contributed by atoms with E-state index in [1.165, 1.54) is 0 Å². The third-order valence-electron chi connectivity index (χ3n) is 12.2. The maximum atomic E-state index is 9.03. The highest BCUT2D eigenvalue weighted by atomic mass is 16.5. The predicted octanol–water partition coefficient (Wildman–Crippen LogP) is 16.3. The van der Waals surface area contributed by atoms with Crippen LogP contribution >= 0.6 is 0 Å². The summed E-state index contributed by atoms with van der Waals surface area (Å²) < 4.78 is 94.1. The molecule has 0 radical (unpaired) electrons. The molecule has 0 bridgehead atoms. The molecule has 0 aliphatic heterocycles. The Morgan fingerprint density at radius 1 is 0.538 bits per heavy atom. The third kappa shape index (κ3) is 8.42. The van der Waals surface area contributed by atoms with Crippen LogP contribution in [-0.4, -0.2) is 21.6 Å². The summed E-state index contributed by atoms with van der Waals surface area (Å²) in [7, 11) is 1.64. The van der Waals surface area contributed by atoms with Crippen LogP contribution in [0.3, 0.4) is 0 Å². The van der Waals surface area contributed by atoms with Crippen molar-refractivity contribution in [2.24, 2.45) is 0 Å². The minimum absolute atomic E-state index is 0.0264. The van der Waals surface area contributed by atoms with Crippen LogP contribution in [0.4, 0.5) is 0 Å². The van der Waals surface area contributed by atoms with Crippen LogP contribution in [0.1, 0.15) is 88.6 Å². The number of rotatable bonds is 8. The topological polar surface area (TPSA) is 39.9 Å². The molecule has 0 aliphatic carbocycles. The first-order valence-corrected chi connectivity index (χ1v) is 21.9. The number of aromatic nitrogens is 3. The van der Waals surface area contributed by atoms with Gasteiger partial charge in [-0.2, -0.15) is 0 Å². The minimum Gasteiger partial charge on any atom is -0.496 e.